The van der Waals surface area contributed by atoms with Crippen LogP contribution in [0, 0.1) is 6.92 Å². The molecule has 0 fully saturated rings. The third kappa shape index (κ3) is 7.47. The van der Waals surface area contributed by atoms with E-state index in [1.807, 2.05) is 0 Å². The minimum absolute atomic E-state index is 0.954. The molecule has 0 bridgehead atoms. The summed E-state index contributed by atoms with van der Waals surface area (Å²) in [4.78, 5) is 0. The monoisotopic (exact) mass is 301 g/mol. The predicted octanol–water partition coefficient (Wildman–Crippen LogP) is 7.09. The van der Waals surface area contributed by atoms with Gasteiger partial charge in [-0.15, -0.1) is 0 Å². The van der Waals surface area contributed by atoms with Crippen molar-refractivity contribution in [3.63, 3.8) is 0 Å². The van der Waals surface area contributed by atoms with Crippen molar-refractivity contribution in [2.24, 2.45) is 0 Å². The highest BCUT2D eigenvalue weighted by Gasteiger charge is 2.06. The van der Waals surface area contributed by atoms with Crippen molar-refractivity contribution in [3.8, 4) is 0 Å². The normalized spacial score (nSPS) is 11.0. The lowest BCUT2D eigenvalue weighted by atomic mass is 9.92. The molecule has 0 saturated heterocycles. The number of benzene rings is 1. The summed E-state index contributed by atoms with van der Waals surface area (Å²) in [5.74, 6) is 0. The van der Waals surface area contributed by atoms with E-state index in [1.165, 1.54) is 77.0 Å². The molecule has 1 radical (unpaired) electrons. The fourth-order valence-electron chi connectivity index (χ4n) is 3.32. The van der Waals surface area contributed by atoms with E-state index in [0.29, 0.717) is 0 Å². The third-order valence-electron chi connectivity index (χ3n) is 4.72. The Morgan fingerprint density at radius 1 is 0.682 bits per heavy atom. The van der Waals surface area contributed by atoms with E-state index in [-0.39, 0.29) is 0 Å². The maximum atomic E-state index is 4.19. The van der Waals surface area contributed by atoms with Gasteiger partial charge in [0.1, 0.15) is 0 Å². The lowest BCUT2D eigenvalue weighted by Gasteiger charge is -2.14. The first-order chi connectivity index (χ1) is 10.8. The fraction of sp³-hybridized carbons (Fsp3) is 0.682. The molecular weight excluding hydrogens is 264 g/mol. The van der Waals surface area contributed by atoms with Crippen LogP contribution in [0.25, 0.3) is 0 Å². The second kappa shape index (κ2) is 12.7. The van der Waals surface area contributed by atoms with Crippen molar-refractivity contribution in [1.82, 2.24) is 0 Å². The highest BCUT2D eigenvalue weighted by Crippen LogP contribution is 2.21. The lowest BCUT2D eigenvalue weighted by Crippen LogP contribution is -2.00. The number of rotatable bonds is 13. The van der Waals surface area contributed by atoms with Gasteiger partial charge in [-0.25, -0.2) is 0 Å². The van der Waals surface area contributed by atoms with Crippen molar-refractivity contribution in [1.29, 1.82) is 0 Å². The molecule has 0 aliphatic carbocycles. The van der Waals surface area contributed by atoms with Crippen molar-refractivity contribution >= 4 is 0 Å². The van der Waals surface area contributed by atoms with Crippen LogP contribution in [0.15, 0.2) is 18.2 Å². The zero-order valence-corrected chi connectivity index (χ0v) is 15.1. The summed E-state index contributed by atoms with van der Waals surface area (Å²) in [5, 5.41) is 0. The first-order valence-electron chi connectivity index (χ1n) is 9.72. The predicted molar refractivity (Wildman–Crippen MR) is 100 cm³/mol. The molecule has 0 nitrogen and oxygen atoms in total. The molecular formula is C22H37. The van der Waals surface area contributed by atoms with Crippen molar-refractivity contribution in [2.75, 3.05) is 0 Å². The summed E-state index contributed by atoms with van der Waals surface area (Å²) in [5.41, 5.74) is 4.68. The van der Waals surface area contributed by atoms with Crippen LogP contribution in [0.2, 0.25) is 0 Å². The summed E-state index contributed by atoms with van der Waals surface area (Å²) in [6.45, 7) is 8.76. The molecule has 0 amide bonds. The molecule has 0 aromatic heterocycles. The molecule has 22 heavy (non-hydrogen) atoms. The van der Waals surface area contributed by atoms with Crippen LogP contribution < -0.4 is 0 Å². The summed E-state index contributed by atoms with van der Waals surface area (Å²) in [7, 11) is 0. The van der Waals surface area contributed by atoms with E-state index in [4.69, 9.17) is 0 Å². The second-order valence-electron chi connectivity index (χ2n) is 6.63. The Bertz CT molecular complexity index is 345. The molecule has 1 aromatic rings. The highest BCUT2D eigenvalue weighted by molar-refractivity contribution is 5.36. The lowest BCUT2D eigenvalue weighted by molar-refractivity contribution is 0.626. The van der Waals surface area contributed by atoms with Gasteiger partial charge < -0.3 is 0 Å². The van der Waals surface area contributed by atoms with E-state index >= 15 is 0 Å². The van der Waals surface area contributed by atoms with Gasteiger partial charge in [0, 0.05) is 0 Å². The Kier molecular flexibility index (Phi) is 11.2. The minimum Gasteiger partial charge on any atom is -0.0654 e. The number of unbranched alkanes of at least 4 members (excludes halogenated alkanes) is 8. The SMILES string of the molecule is [CH2]Cc1c(CCCCCCC)cccc1CCCCCCC. The number of aryl methyl sites for hydroxylation is 2. The van der Waals surface area contributed by atoms with Crippen LogP contribution in [0.3, 0.4) is 0 Å². The third-order valence-corrected chi connectivity index (χ3v) is 4.72. The van der Waals surface area contributed by atoms with Gasteiger partial charge in [0.2, 0.25) is 0 Å². The van der Waals surface area contributed by atoms with Gasteiger partial charge in [-0.05, 0) is 55.7 Å². The zero-order valence-electron chi connectivity index (χ0n) is 15.1. The van der Waals surface area contributed by atoms with Gasteiger partial charge in [-0.3, -0.25) is 0 Å². The van der Waals surface area contributed by atoms with Gasteiger partial charge in [-0.1, -0.05) is 83.4 Å². The van der Waals surface area contributed by atoms with E-state index in [9.17, 15) is 0 Å². The van der Waals surface area contributed by atoms with Crippen LogP contribution in [0.4, 0.5) is 0 Å². The Balaban J connectivity index is 2.46. The topological polar surface area (TPSA) is 0 Å². The van der Waals surface area contributed by atoms with Gasteiger partial charge in [0.25, 0.3) is 0 Å². The molecule has 0 saturated carbocycles. The molecule has 0 heterocycles. The first kappa shape index (κ1) is 19.3. The quantitative estimate of drug-likeness (QED) is 0.341. The first-order valence-corrected chi connectivity index (χ1v) is 9.72. The highest BCUT2D eigenvalue weighted by atomic mass is 14.1. The summed E-state index contributed by atoms with van der Waals surface area (Å²) < 4.78 is 0. The summed E-state index contributed by atoms with van der Waals surface area (Å²) in [6.07, 6.45) is 17.1. The van der Waals surface area contributed by atoms with E-state index in [0.717, 1.165) is 6.42 Å². The van der Waals surface area contributed by atoms with E-state index < -0.39 is 0 Å². The van der Waals surface area contributed by atoms with Crippen LogP contribution in [0.1, 0.15) is 94.7 Å². The zero-order chi connectivity index (χ0) is 16.0. The molecule has 0 atom stereocenters. The molecule has 0 aliphatic rings. The summed E-state index contributed by atoms with van der Waals surface area (Å²) >= 11 is 0. The Hall–Kier alpha value is -0.780. The van der Waals surface area contributed by atoms with Crippen LogP contribution in [-0.2, 0) is 19.3 Å². The minimum atomic E-state index is 0.954. The Morgan fingerprint density at radius 3 is 1.55 bits per heavy atom. The second-order valence-corrected chi connectivity index (χ2v) is 6.63. The average molecular weight is 302 g/mol. The maximum Gasteiger partial charge on any atom is -0.0273 e. The van der Waals surface area contributed by atoms with Gasteiger partial charge in [-0.2, -0.15) is 0 Å². The van der Waals surface area contributed by atoms with Crippen LogP contribution in [0.5, 0.6) is 0 Å². The fourth-order valence-corrected chi connectivity index (χ4v) is 3.32. The maximum absolute atomic E-state index is 4.19. The number of hydrogen-bond acceptors (Lipinski definition) is 0. The van der Waals surface area contributed by atoms with Crippen LogP contribution in [-0.4, -0.2) is 0 Å². The largest absolute Gasteiger partial charge is 0.0654 e. The van der Waals surface area contributed by atoms with Gasteiger partial charge in [0.15, 0.2) is 0 Å². The average Bonchev–Trinajstić information content (AvgIpc) is 2.54. The van der Waals surface area contributed by atoms with Crippen molar-refractivity contribution < 1.29 is 0 Å². The molecule has 0 aliphatic heterocycles. The van der Waals surface area contributed by atoms with Crippen molar-refractivity contribution in [3.05, 3.63) is 41.8 Å². The smallest absolute Gasteiger partial charge is 0.0273 e. The Labute approximate surface area is 139 Å². The molecule has 0 N–H and O–H groups in total. The van der Waals surface area contributed by atoms with Gasteiger partial charge >= 0.3 is 0 Å². The molecule has 1 rings (SSSR count). The number of hydrogen-bond donors (Lipinski definition) is 0. The molecule has 0 unspecified atom stereocenters. The molecule has 0 heteroatoms. The van der Waals surface area contributed by atoms with E-state index in [1.54, 1.807) is 16.7 Å². The molecule has 125 valence electrons. The Morgan fingerprint density at radius 2 is 1.14 bits per heavy atom. The van der Waals surface area contributed by atoms with Gasteiger partial charge in [0.05, 0.1) is 0 Å². The molecule has 0 spiro atoms. The summed E-state index contributed by atoms with van der Waals surface area (Å²) in [6, 6.07) is 6.93. The van der Waals surface area contributed by atoms with Crippen molar-refractivity contribution in [2.45, 2.75) is 97.3 Å². The standard InChI is InChI=1S/C22H37/c1-4-7-9-11-13-16-20-18-15-19-21(22(20)6-3)17-14-12-10-8-5-2/h15,18-19H,3-14,16-17H2,1-2H3. The van der Waals surface area contributed by atoms with E-state index in [2.05, 4.69) is 39.0 Å². The van der Waals surface area contributed by atoms with Crippen LogP contribution >= 0.6 is 0 Å². The molecule has 1 aromatic carbocycles.